The average molecular weight is 194 g/mol. The minimum atomic E-state index is -0.543. The Morgan fingerprint density at radius 3 is 2.14 bits per heavy atom. The van der Waals surface area contributed by atoms with Crippen LogP contribution in [-0.2, 0) is 5.41 Å². The highest BCUT2D eigenvalue weighted by Gasteiger charge is 2.20. The minimum Gasteiger partial charge on any atom is -0.207 e. The van der Waals surface area contributed by atoms with E-state index in [-0.39, 0.29) is 5.56 Å². The largest absolute Gasteiger partial charge is 0.207 e. The molecule has 0 atom stereocenters. The van der Waals surface area contributed by atoms with Gasteiger partial charge in [0.2, 0.25) is 0 Å². The molecule has 0 aliphatic rings. The molecule has 1 rings (SSSR count). The third kappa shape index (κ3) is 1.93. The fourth-order valence-corrected chi connectivity index (χ4v) is 1.23. The van der Waals surface area contributed by atoms with Crippen LogP contribution in [0.15, 0.2) is 12.1 Å². The van der Waals surface area contributed by atoms with Gasteiger partial charge in [-0.2, -0.15) is 0 Å². The number of terminal acetylenes is 1. The van der Waals surface area contributed by atoms with Crippen LogP contribution in [0.25, 0.3) is 0 Å². The summed E-state index contributed by atoms with van der Waals surface area (Å²) >= 11 is 0. The lowest BCUT2D eigenvalue weighted by Crippen LogP contribution is -2.14. The molecule has 0 spiro atoms. The molecule has 0 radical (unpaired) electrons. The minimum absolute atomic E-state index is 0.0319. The van der Waals surface area contributed by atoms with Crippen LogP contribution in [0, 0.1) is 24.0 Å². The SMILES string of the molecule is C#Cc1cc(F)c(C(C)(C)C)cc1F. The molecule has 74 valence electrons. The average Bonchev–Trinajstić information content (AvgIpc) is 2.06. The van der Waals surface area contributed by atoms with E-state index in [0.29, 0.717) is 5.56 Å². The van der Waals surface area contributed by atoms with Gasteiger partial charge in [0, 0.05) is 0 Å². The van der Waals surface area contributed by atoms with Crippen molar-refractivity contribution in [3.8, 4) is 12.3 Å². The van der Waals surface area contributed by atoms with Gasteiger partial charge in [-0.3, -0.25) is 0 Å². The summed E-state index contributed by atoms with van der Waals surface area (Å²) in [5.41, 5.74) is -0.109. The second kappa shape index (κ2) is 3.42. The first-order valence-corrected chi connectivity index (χ1v) is 4.32. The van der Waals surface area contributed by atoms with E-state index in [1.54, 1.807) is 0 Å². The van der Waals surface area contributed by atoms with Crippen molar-refractivity contribution in [1.82, 2.24) is 0 Å². The van der Waals surface area contributed by atoms with Crippen molar-refractivity contribution in [1.29, 1.82) is 0 Å². The first kappa shape index (κ1) is 10.7. The fourth-order valence-electron chi connectivity index (χ4n) is 1.23. The topological polar surface area (TPSA) is 0 Å². The van der Waals surface area contributed by atoms with Gasteiger partial charge in [0.15, 0.2) is 0 Å². The summed E-state index contributed by atoms with van der Waals surface area (Å²) in [6, 6.07) is 2.24. The van der Waals surface area contributed by atoms with Gasteiger partial charge in [0.05, 0.1) is 5.56 Å². The summed E-state index contributed by atoms with van der Waals surface area (Å²) in [6.45, 7) is 5.46. The van der Waals surface area contributed by atoms with Crippen molar-refractivity contribution < 1.29 is 8.78 Å². The first-order chi connectivity index (χ1) is 6.36. The van der Waals surface area contributed by atoms with Gasteiger partial charge in [-0.1, -0.05) is 26.7 Å². The van der Waals surface area contributed by atoms with Crippen molar-refractivity contribution in [2.75, 3.05) is 0 Å². The Morgan fingerprint density at radius 1 is 1.14 bits per heavy atom. The van der Waals surface area contributed by atoms with Crippen LogP contribution >= 0.6 is 0 Å². The van der Waals surface area contributed by atoms with E-state index in [2.05, 4.69) is 5.92 Å². The van der Waals surface area contributed by atoms with Crippen molar-refractivity contribution in [2.45, 2.75) is 26.2 Å². The monoisotopic (exact) mass is 194 g/mol. The highest BCUT2D eigenvalue weighted by molar-refractivity contribution is 5.38. The maximum Gasteiger partial charge on any atom is 0.139 e. The molecule has 0 aliphatic heterocycles. The Hall–Kier alpha value is -1.36. The summed E-state index contributed by atoms with van der Waals surface area (Å²) in [4.78, 5) is 0. The van der Waals surface area contributed by atoms with Crippen molar-refractivity contribution in [2.24, 2.45) is 0 Å². The second-order valence-electron chi connectivity index (χ2n) is 4.21. The molecule has 0 saturated heterocycles. The Morgan fingerprint density at radius 2 is 1.71 bits per heavy atom. The molecule has 14 heavy (non-hydrogen) atoms. The first-order valence-electron chi connectivity index (χ1n) is 4.32. The predicted octanol–water partition coefficient (Wildman–Crippen LogP) is 3.24. The summed E-state index contributed by atoms with van der Waals surface area (Å²) in [6.07, 6.45) is 5.02. The molecular weight excluding hydrogens is 182 g/mol. The molecule has 0 heterocycles. The predicted molar refractivity (Wildman–Crippen MR) is 53.0 cm³/mol. The normalized spacial score (nSPS) is 11.1. The maximum absolute atomic E-state index is 13.5. The van der Waals surface area contributed by atoms with Crippen molar-refractivity contribution >= 4 is 0 Å². The molecule has 2 heteroatoms. The van der Waals surface area contributed by atoms with Crippen LogP contribution in [0.4, 0.5) is 8.78 Å². The van der Waals surface area contributed by atoms with E-state index >= 15 is 0 Å². The van der Waals surface area contributed by atoms with Gasteiger partial charge in [-0.15, -0.1) is 6.42 Å². The molecule has 0 amide bonds. The quantitative estimate of drug-likeness (QED) is 0.556. The van der Waals surface area contributed by atoms with Crippen molar-refractivity contribution in [3.05, 3.63) is 34.9 Å². The number of benzene rings is 1. The maximum atomic E-state index is 13.5. The second-order valence-corrected chi connectivity index (χ2v) is 4.21. The lowest BCUT2D eigenvalue weighted by molar-refractivity contribution is 0.510. The molecule has 0 nitrogen and oxygen atoms in total. The molecule has 0 aliphatic carbocycles. The number of rotatable bonds is 0. The van der Waals surface area contributed by atoms with E-state index in [9.17, 15) is 8.78 Å². The lowest BCUT2D eigenvalue weighted by Gasteiger charge is -2.20. The molecule has 1 aromatic carbocycles. The van der Waals surface area contributed by atoms with Crippen LogP contribution in [0.5, 0.6) is 0 Å². The third-order valence-corrected chi connectivity index (χ3v) is 2.02. The van der Waals surface area contributed by atoms with E-state index in [1.165, 1.54) is 6.07 Å². The van der Waals surface area contributed by atoms with Crippen molar-refractivity contribution in [3.63, 3.8) is 0 Å². The molecule has 0 bridgehead atoms. The van der Waals surface area contributed by atoms with E-state index in [1.807, 2.05) is 20.8 Å². The molecular formula is C12H12F2. The molecule has 0 saturated carbocycles. The standard InChI is InChI=1S/C12H12F2/c1-5-8-6-11(14)9(7-10(8)13)12(2,3)4/h1,6-7H,2-4H3. The molecule has 0 unspecified atom stereocenters. The van der Waals surface area contributed by atoms with Gasteiger partial charge in [-0.25, -0.2) is 8.78 Å². The van der Waals surface area contributed by atoms with Crippen LogP contribution in [-0.4, -0.2) is 0 Å². The summed E-state index contributed by atoms with van der Waals surface area (Å²) < 4.78 is 26.7. The third-order valence-electron chi connectivity index (χ3n) is 2.02. The molecule has 0 aromatic heterocycles. The Bertz CT molecular complexity index is 392. The summed E-state index contributed by atoms with van der Waals surface area (Å²) in [5, 5.41) is 0. The van der Waals surface area contributed by atoms with Gasteiger partial charge in [0.1, 0.15) is 11.6 Å². The lowest BCUT2D eigenvalue weighted by atomic mass is 9.86. The van der Waals surface area contributed by atoms with Crippen LogP contribution < -0.4 is 0 Å². The number of hydrogen-bond acceptors (Lipinski definition) is 0. The van der Waals surface area contributed by atoms with E-state index in [0.717, 1.165) is 6.07 Å². The Kier molecular flexibility index (Phi) is 2.62. The van der Waals surface area contributed by atoms with Gasteiger partial charge in [0.25, 0.3) is 0 Å². The van der Waals surface area contributed by atoms with E-state index < -0.39 is 17.0 Å². The zero-order chi connectivity index (χ0) is 10.9. The fraction of sp³-hybridized carbons (Fsp3) is 0.333. The van der Waals surface area contributed by atoms with E-state index in [4.69, 9.17) is 6.42 Å². The van der Waals surface area contributed by atoms with Crippen LogP contribution in [0.2, 0.25) is 0 Å². The zero-order valence-electron chi connectivity index (χ0n) is 8.49. The molecule has 0 N–H and O–H groups in total. The highest BCUT2D eigenvalue weighted by Crippen LogP contribution is 2.26. The molecule has 0 fully saturated rings. The van der Waals surface area contributed by atoms with Crippen LogP contribution in [0.1, 0.15) is 31.9 Å². The summed E-state index contributed by atoms with van der Waals surface area (Å²) in [7, 11) is 0. The Labute approximate surface area is 83.0 Å². The zero-order valence-corrected chi connectivity index (χ0v) is 8.49. The number of hydrogen-bond donors (Lipinski definition) is 0. The van der Waals surface area contributed by atoms with Gasteiger partial charge >= 0.3 is 0 Å². The van der Waals surface area contributed by atoms with Gasteiger partial charge < -0.3 is 0 Å². The summed E-state index contributed by atoms with van der Waals surface area (Å²) in [5.74, 6) is 1.10. The highest BCUT2D eigenvalue weighted by atomic mass is 19.1. The number of halogens is 2. The Balaban J connectivity index is 3.38. The smallest absolute Gasteiger partial charge is 0.139 e. The molecule has 1 aromatic rings. The van der Waals surface area contributed by atoms with Crippen LogP contribution in [0.3, 0.4) is 0 Å². The van der Waals surface area contributed by atoms with Gasteiger partial charge in [-0.05, 0) is 23.1 Å².